The van der Waals surface area contributed by atoms with E-state index in [1.807, 2.05) is 23.1 Å². The Bertz CT molecular complexity index is 2410. The smallest absolute Gasteiger partial charge is 0.263 e. The van der Waals surface area contributed by atoms with Crippen LogP contribution in [0.2, 0.25) is 0 Å². The molecule has 60 heavy (non-hydrogen) atoms. The fraction of sp³-hybridized carbons (Fsp3) is 0.411. The van der Waals surface area contributed by atoms with Crippen molar-refractivity contribution in [2.45, 2.75) is 118 Å². The highest BCUT2D eigenvalue weighted by Gasteiger charge is 2.30. The third-order valence-corrected chi connectivity index (χ3v) is 14.8. The Balaban J connectivity index is 1.09. The standard InChI is InChI=1S/C56H67N2S2/c1-39(37-55(3,4)5)27-29-57-49-25-23-46(43-15-11-9-12-16-43)35-51(49)59-53(57)33-41-19-21-45-22-20-42(32-48(45)31-41)34-54-58(30-28-40(2)38-56(6,7)8)50-26-24-47(36-52(50)60-54)44-17-13-10-14-18-44/h9-18,23-26,31-36,39-40,45H,19-22,27-30,37-38H2,1-8H3/q+1. The van der Waals surface area contributed by atoms with Crippen LogP contribution in [0, 0.1) is 28.6 Å². The number of benzene rings is 4. The van der Waals surface area contributed by atoms with E-state index in [-0.39, 0.29) is 0 Å². The van der Waals surface area contributed by atoms with Gasteiger partial charge in [-0.3, -0.25) is 0 Å². The summed E-state index contributed by atoms with van der Waals surface area (Å²) in [6.07, 6.45) is 19.9. The molecule has 0 N–H and O–H groups in total. The molecule has 0 radical (unpaired) electrons. The number of fused-ring (bicyclic) bond motifs is 3. The molecule has 4 heteroatoms. The largest absolute Gasteiger partial charge is 0.335 e. The highest BCUT2D eigenvalue weighted by molar-refractivity contribution is 8.03. The van der Waals surface area contributed by atoms with E-state index < -0.39 is 0 Å². The van der Waals surface area contributed by atoms with Crippen LogP contribution in [0.4, 0.5) is 5.69 Å². The third kappa shape index (κ3) is 10.5. The van der Waals surface area contributed by atoms with Crippen molar-refractivity contribution in [2.24, 2.45) is 28.6 Å². The first-order valence-corrected chi connectivity index (χ1v) is 24.4. The normalized spacial score (nSPS) is 19.3. The highest BCUT2D eigenvalue weighted by Crippen LogP contribution is 2.49. The number of thioether (sulfide) groups is 1. The molecule has 3 atom stereocenters. The van der Waals surface area contributed by atoms with Gasteiger partial charge in [0.05, 0.1) is 10.7 Å². The summed E-state index contributed by atoms with van der Waals surface area (Å²) in [5.41, 5.74) is 13.1. The number of aromatic nitrogens is 1. The predicted octanol–water partition coefficient (Wildman–Crippen LogP) is 16.3. The molecule has 0 saturated carbocycles. The number of aryl methyl sites for hydroxylation is 1. The Labute approximate surface area is 370 Å². The number of allylic oxidation sites excluding steroid dienone is 6. The lowest BCUT2D eigenvalue weighted by Gasteiger charge is -2.29. The minimum Gasteiger partial charge on any atom is -0.335 e. The second kappa shape index (κ2) is 18.1. The van der Waals surface area contributed by atoms with Gasteiger partial charge in [0.15, 0.2) is 6.54 Å². The van der Waals surface area contributed by atoms with E-state index in [4.69, 9.17) is 0 Å². The lowest BCUT2D eigenvalue weighted by Crippen LogP contribution is -2.36. The molecule has 0 saturated heterocycles. The monoisotopic (exact) mass is 831 g/mol. The molecule has 0 amide bonds. The van der Waals surface area contributed by atoms with Gasteiger partial charge in [-0.05, 0) is 143 Å². The van der Waals surface area contributed by atoms with Crippen molar-refractivity contribution in [1.82, 2.24) is 0 Å². The summed E-state index contributed by atoms with van der Waals surface area (Å²) in [5.74, 6) is 2.00. The van der Waals surface area contributed by atoms with Crippen LogP contribution in [0.25, 0.3) is 38.5 Å². The molecular weight excluding hydrogens is 765 g/mol. The average Bonchev–Trinajstić information content (AvgIpc) is 3.73. The van der Waals surface area contributed by atoms with Crippen LogP contribution in [0.3, 0.4) is 0 Å². The fourth-order valence-electron chi connectivity index (χ4n) is 10.1. The maximum absolute atomic E-state index is 2.63. The van der Waals surface area contributed by atoms with Gasteiger partial charge in [0.1, 0.15) is 4.70 Å². The maximum atomic E-state index is 2.63. The van der Waals surface area contributed by atoms with Crippen molar-refractivity contribution in [1.29, 1.82) is 0 Å². The van der Waals surface area contributed by atoms with E-state index >= 15 is 0 Å². The first-order chi connectivity index (χ1) is 28.7. The second-order valence-electron chi connectivity index (χ2n) is 20.6. The Morgan fingerprint density at radius 2 is 1.33 bits per heavy atom. The lowest BCUT2D eigenvalue weighted by molar-refractivity contribution is -0.670. The first-order valence-electron chi connectivity index (χ1n) is 22.8. The molecule has 0 fully saturated rings. The van der Waals surface area contributed by atoms with Gasteiger partial charge < -0.3 is 4.90 Å². The molecule has 2 aliphatic carbocycles. The van der Waals surface area contributed by atoms with E-state index in [1.54, 1.807) is 0 Å². The van der Waals surface area contributed by atoms with Gasteiger partial charge in [-0.2, -0.15) is 4.57 Å². The summed E-state index contributed by atoms with van der Waals surface area (Å²) >= 11 is 3.94. The Morgan fingerprint density at radius 3 is 2.02 bits per heavy atom. The van der Waals surface area contributed by atoms with Gasteiger partial charge in [0, 0.05) is 30.0 Å². The summed E-state index contributed by atoms with van der Waals surface area (Å²) in [6, 6.07) is 35.9. The van der Waals surface area contributed by atoms with Crippen LogP contribution in [0.5, 0.6) is 0 Å². The molecule has 2 nitrogen and oxygen atoms in total. The van der Waals surface area contributed by atoms with Gasteiger partial charge >= 0.3 is 0 Å². The quantitative estimate of drug-likeness (QED) is 0.116. The zero-order chi connectivity index (χ0) is 42.0. The van der Waals surface area contributed by atoms with Gasteiger partial charge in [-0.1, -0.05) is 157 Å². The van der Waals surface area contributed by atoms with Crippen molar-refractivity contribution in [3.63, 3.8) is 0 Å². The molecule has 0 spiro atoms. The molecular formula is C56H67N2S2+. The Morgan fingerprint density at radius 1 is 0.700 bits per heavy atom. The summed E-state index contributed by atoms with van der Waals surface area (Å²) in [6.45, 7) is 21.2. The zero-order valence-electron chi connectivity index (χ0n) is 37.6. The summed E-state index contributed by atoms with van der Waals surface area (Å²) in [7, 11) is 0. The van der Waals surface area contributed by atoms with Crippen molar-refractivity contribution in [3.05, 3.63) is 142 Å². The molecule has 8 rings (SSSR count). The van der Waals surface area contributed by atoms with E-state index in [2.05, 4.69) is 186 Å². The molecule has 312 valence electrons. The van der Waals surface area contributed by atoms with Crippen molar-refractivity contribution in [2.75, 3.05) is 11.4 Å². The number of hydrogen-bond donors (Lipinski definition) is 0. The lowest BCUT2D eigenvalue weighted by atomic mass is 9.77. The second-order valence-corrected chi connectivity index (χ2v) is 22.7. The molecule has 3 unspecified atom stereocenters. The SMILES string of the molecule is CC(CCN1/C(=C/C2=CC3=C/C(=C/c4sc5cc(-c6ccccc6)ccc5[n+]4CCC(C)CC(C)(C)C)CCC3CC2)Sc2cc(-c3ccccc3)ccc21)CC(C)(C)C. The Hall–Kier alpha value is -4.12. The van der Waals surface area contributed by atoms with E-state index in [0.29, 0.717) is 28.6 Å². The summed E-state index contributed by atoms with van der Waals surface area (Å²) < 4.78 is 4.01. The van der Waals surface area contributed by atoms with Crippen molar-refractivity contribution in [3.8, 4) is 22.3 Å². The average molecular weight is 832 g/mol. The molecule has 1 aliphatic heterocycles. The molecule has 5 aromatic rings. The number of anilines is 1. The van der Waals surface area contributed by atoms with Crippen LogP contribution in [-0.4, -0.2) is 6.54 Å². The number of rotatable bonds is 12. The third-order valence-electron chi connectivity index (χ3n) is 12.6. The minimum absolute atomic E-state index is 0.346. The van der Waals surface area contributed by atoms with Crippen LogP contribution in [0.1, 0.15) is 112 Å². The van der Waals surface area contributed by atoms with Crippen molar-refractivity contribution < 1.29 is 4.57 Å². The van der Waals surface area contributed by atoms with E-state index in [1.165, 1.54) is 108 Å². The molecule has 4 aromatic carbocycles. The van der Waals surface area contributed by atoms with E-state index in [9.17, 15) is 0 Å². The van der Waals surface area contributed by atoms with Crippen molar-refractivity contribution >= 4 is 45.1 Å². The molecule has 1 aromatic heterocycles. The number of hydrogen-bond acceptors (Lipinski definition) is 3. The zero-order valence-corrected chi connectivity index (χ0v) is 39.2. The predicted molar refractivity (Wildman–Crippen MR) is 262 cm³/mol. The van der Waals surface area contributed by atoms with Crippen LogP contribution < -0.4 is 9.47 Å². The first kappa shape index (κ1) is 42.6. The minimum atomic E-state index is 0.346. The fourth-order valence-corrected chi connectivity index (χ4v) is 12.5. The van der Waals surface area contributed by atoms with Gasteiger partial charge in [-0.15, -0.1) is 0 Å². The van der Waals surface area contributed by atoms with Crippen LogP contribution >= 0.6 is 23.1 Å². The van der Waals surface area contributed by atoms with Gasteiger partial charge in [0.2, 0.25) is 5.52 Å². The van der Waals surface area contributed by atoms with Gasteiger partial charge in [0.25, 0.3) is 5.01 Å². The highest BCUT2D eigenvalue weighted by atomic mass is 32.2. The molecule has 3 aliphatic rings. The van der Waals surface area contributed by atoms with Gasteiger partial charge in [-0.25, -0.2) is 0 Å². The summed E-state index contributed by atoms with van der Waals surface area (Å²) in [4.78, 5) is 4.01. The van der Waals surface area contributed by atoms with Crippen LogP contribution in [-0.2, 0) is 6.54 Å². The number of thiazole rings is 1. The molecule has 2 heterocycles. The summed E-state index contributed by atoms with van der Waals surface area (Å²) in [5, 5.41) is 2.77. The molecule has 0 bridgehead atoms. The maximum Gasteiger partial charge on any atom is 0.263 e. The number of nitrogens with zero attached hydrogens (tertiary/aromatic N) is 2. The topological polar surface area (TPSA) is 7.12 Å². The Kier molecular flexibility index (Phi) is 12.8. The van der Waals surface area contributed by atoms with Crippen LogP contribution in [0.15, 0.2) is 142 Å². The van der Waals surface area contributed by atoms with E-state index in [0.717, 1.165) is 25.9 Å².